The summed E-state index contributed by atoms with van der Waals surface area (Å²) >= 11 is 1.60. The molecule has 1 fully saturated rings. The van der Waals surface area contributed by atoms with Crippen LogP contribution in [0.5, 0.6) is 0 Å². The molecular weight excluding hydrogens is 256 g/mol. The number of aromatic nitrogens is 2. The number of thioether (sulfide) groups is 1. The van der Waals surface area contributed by atoms with Gasteiger partial charge in [0.15, 0.2) is 0 Å². The van der Waals surface area contributed by atoms with E-state index in [-0.39, 0.29) is 6.61 Å². The van der Waals surface area contributed by atoms with Gasteiger partial charge in [-0.1, -0.05) is 0 Å². The van der Waals surface area contributed by atoms with Crippen LogP contribution in [0.3, 0.4) is 0 Å². The highest BCUT2D eigenvalue weighted by molar-refractivity contribution is 7.98. The molecular formula is C11H16N2O4S. The molecule has 1 aliphatic heterocycles. The van der Waals surface area contributed by atoms with Crippen molar-refractivity contribution in [3.8, 4) is 0 Å². The molecule has 18 heavy (non-hydrogen) atoms. The first-order valence-corrected chi connectivity index (χ1v) is 7.09. The average Bonchev–Trinajstić information content (AvgIpc) is 2.74. The normalized spacial score (nSPS) is 27.6. The van der Waals surface area contributed by atoms with Gasteiger partial charge >= 0.3 is 5.69 Å². The lowest BCUT2D eigenvalue weighted by molar-refractivity contribution is -0.0851. The molecule has 2 atom stereocenters. The summed E-state index contributed by atoms with van der Waals surface area (Å²) in [6.07, 6.45) is 4.29. The van der Waals surface area contributed by atoms with Crippen LogP contribution in [0.4, 0.5) is 0 Å². The van der Waals surface area contributed by atoms with E-state index in [1.807, 2.05) is 6.26 Å². The number of ether oxygens (including phenoxy) is 1. The molecule has 1 aliphatic rings. The highest BCUT2D eigenvalue weighted by Gasteiger charge is 2.40. The topological polar surface area (TPSA) is 84.3 Å². The zero-order valence-electron chi connectivity index (χ0n) is 10.1. The van der Waals surface area contributed by atoms with E-state index in [2.05, 4.69) is 4.98 Å². The first-order valence-electron chi connectivity index (χ1n) is 5.69. The van der Waals surface area contributed by atoms with E-state index in [1.54, 1.807) is 11.8 Å². The van der Waals surface area contributed by atoms with Gasteiger partial charge in [-0.15, -0.1) is 0 Å². The van der Waals surface area contributed by atoms with Crippen molar-refractivity contribution in [2.75, 3.05) is 18.6 Å². The lowest BCUT2D eigenvalue weighted by Crippen LogP contribution is -2.38. The van der Waals surface area contributed by atoms with Gasteiger partial charge in [0.1, 0.15) is 11.8 Å². The summed E-state index contributed by atoms with van der Waals surface area (Å²) < 4.78 is 7.18. The predicted molar refractivity (Wildman–Crippen MR) is 68.9 cm³/mol. The SMILES string of the molecule is CSC[C@@]1(CO)CC[C@H](n2ccc(=O)[nH]c2=O)O1. The number of nitrogens with one attached hydrogen (secondary N) is 1. The Bertz CT molecular complexity index is 526. The summed E-state index contributed by atoms with van der Waals surface area (Å²) in [5.41, 5.74) is -1.49. The van der Waals surface area contributed by atoms with Crippen LogP contribution in [0.15, 0.2) is 21.9 Å². The number of hydrogen-bond donors (Lipinski definition) is 2. The summed E-state index contributed by atoms with van der Waals surface area (Å²) in [7, 11) is 0. The number of aliphatic hydroxyl groups excluding tert-OH is 1. The number of aromatic amines is 1. The molecule has 1 aromatic heterocycles. The second-order valence-corrected chi connectivity index (χ2v) is 5.27. The predicted octanol–water partition coefficient (Wildman–Crippen LogP) is -0.0603. The number of rotatable bonds is 4. The molecule has 0 radical (unpaired) electrons. The van der Waals surface area contributed by atoms with Crippen molar-refractivity contribution in [2.24, 2.45) is 0 Å². The van der Waals surface area contributed by atoms with Crippen molar-refractivity contribution in [2.45, 2.75) is 24.7 Å². The Hall–Kier alpha value is -1.05. The summed E-state index contributed by atoms with van der Waals surface area (Å²) in [4.78, 5) is 24.8. The Morgan fingerprint density at radius 3 is 3.06 bits per heavy atom. The van der Waals surface area contributed by atoms with Gasteiger partial charge in [-0.05, 0) is 19.1 Å². The van der Waals surface area contributed by atoms with E-state index in [0.717, 1.165) is 0 Å². The molecule has 0 amide bonds. The zero-order chi connectivity index (χ0) is 13.2. The van der Waals surface area contributed by atoms with Crippen molar-refractivity contribution in [3.63, 3.8) is 0 Å². The minimum atomic E-state index is -0.584. The van der Waals surface area contributed by atoms with E-state index in [0.29, 0.717) is 18.6 Å². The number of nitrogens with zero attached hydrogens (tertiary/aromatic N) is 1. The van der Waals surface area contributed by atoms with Crippen molar-refractivity contribution in [1.82, 2.24) is 9.55 Å². The third-order valence-electron chi connectivity index (χ3n) is 3.09. The van der Waals surface area contributed by atoms with Gasteiger partial charge in [0.2, 0.25) is 0 Å². The van der Waals surface area contributed by atoms with Crippen LogP contribution in [-0.2, 0) is 4.74 Å². The van der Waals surface area contributed by atoms with Gasteiger partial charge in [0.25, 0.3) is 5.56 Å². The van der Waals surface area contributed by atoms with Crippen molar-refractivity contribution in [3.05, 3.63) is 33.1 Å². The minimum absolute atomic E-state index is 0.0670. The molecule has 1 saturated heterocycles. The monoisotopic (exact) mass is 272 g/mol. The van der Waals surface area contributed by atoms with E-state index in [9.17, 15) is 14.7 Å². The van der Waals surface area contributed by atoms with Gasteiger partial charge in [-0.25, -0.2) is 4.79 Å². The van der Waals surface area contributed by atoms with Crippen LogP contribution >= 0.6 is 11.8 Å². The summed E-state index contributed by atoms with van der Waals surface area (Å²) in [6, 6.07) is 1.29. The highest BCUT2D eigenvalue weighted by Crippen LogP contribution is 2.37. The van der Waals surface area contributed by atoms with Crippen molar-refractivity contribution < 1.29 is 9.84 Å². The maximum atomic E-state index is 11.6. The number of H-pyrrole nitrogens is 1. The summed E-state index contributed by atoms with van der Waals surface area (Å²) in [5, 5.41) is 9.44. The van der Waals surface area contributed by atoms with Crippen molar-refractivity contribution >= 4 is 11.8 Å². The fourth-order valence-electron chi connectivity index (χ4n) is 2.17. The van der Waals surface area contributed by atoms with Crippen LogP contribution in [0.25, 0.3) is 0 Å². The van der Waals surface area contributed by atoms with Gasteiger partial charge in [-0.2, -0.15) is 11.8 Å². The molecule has 0 aliphatic carbocycles. The molecule has 2 heterocycles. The van der Waals surface area contributed by atoms with Crippen LogP contribution in [0.1, 0.15) is 19.1 Å². The molecule has 7 heteroatoms. The molecule has 6 nitrogen and oxygen atoms in total. The van der Waals surface area contributed by atoms with E-state index >= 15 is 0 Å². The standard InChI is InChI=1S/C11H16N2O4S/c1-18-7-11(6-14)4-2-9(17-11)13-5-3-8(15)12-10(13)16/h3,5,9,14H,2,4,6-7H2,1H3,(H,12,15,16)/t9-,11+/m1/s1. The van der Waals surface area contributed by atoms with Crippen LogP contribution in [-0.4, -0.2) is 38.9 Å². The zero-order valence-corrected chi connectivity index (χ0v) is 10.9. The average molecular weight is 272 g/mol. The molecule has 0 bridgehead atoms. The third kappa shape index (κ3) is 2.52. The van der Waals surface area contributed by atoms with E-state index < -0.39 is 23.1 Å². The number of aliphatic hydroxyl groups is 1. The molecule has 0 saturated carbocycles. The molecule has 0 aromatic carbocycles. The number of hydrogen-bond acceptors (Lipinski definition) is 5. The van der Waals surface area contributed by atoms with Crippen LogP contribution < -0.4 is 11.2 Å². The Kier molecular flexibility index (Phi) is 3.94. The van der Waals surface area contributed by atoms with Gasteiger partial charge in [0.05, 0.1) is 6.61 Å². The Morgan fingerprint density at radius 2 is 2.44 bits per heavy atom. The first kappa shape index (κ1) is 13.4. The molecule has 0 unspecified atom stereocenters. The molecule has 0 spiro atoms. The fourth-order valence-corrected chi connectivity index (χ4v) is 3.00. The lowest BCUT2D eigenvalue weighted by Gasteiger charge is -2.26. The Balaban J connectivity index is 2.22. The highest BCUT2D eigenvalue weighted by atomic mass is 32.2. The fraction of sp³-hybridized carbons (Fsp3) is 0.636. The largest absolute Gasteiger partial charge is 0.393 e. The summed E-state index contributed by atoms with van der Waals surface area (Å²) in [6.45, 7) is -0.0670. The Labute approximate surface area is 108 Å². The van der Waals surface area contributed by atoms with Gasteiger partial charge in [0, 0.05) is 18.0 Å². The van der Waals surface area contributed by atoms with E-state index in [4.69, 9.17) is 4.74 Å². The van der Waals surface area contributed by atoms with E-state index in [1.165, 1.54) is 16.8 Å². The third-order valence-corrected chi connectivity index (χ3v) is 3.90. The van der Waals surface area contributed by atoms with Crippen molar-refractivity contribution in [1.29, 1.82) is 0 Å². The molecule has 2 rings (SSSR count). The maximum absolute atomic E-state index is 11.6. The first-order chi connectivity index (χ1) is 8.60. The molecule has 2 N–H and O–H groups in total. The lowest BCUT2D eigenvalue weighted by atomic mass is 10.0. The maximum Gasteiger partial charge on any atom is 0.330 e. The quantitative estimate of drug-likeness (QED) is 0.802. The molecule has 1 aromatic rings. The smallest absolute Gasteiger partial charge is 0.330 e. The van der Waals surface area contributed by atoms with Crippen LogP contribution in [0.2, 0.25) is 0 Å². The minimum Gasteiger partial charge on any atom is -0.393 e. The molecule has 100 valence electrons. The van der Waals surface area contributed by atoms with Gasteiger partial charge in [-0.3, -0.25) is 14.3 Å². The Morgan fingerprint density at radius 1 is 1.67 bits per heavy atom. The second kappa shape index (κ2) is 5.29. The van der Waals surface area contributed by atoms with Crippen LogP contribution in [0, 0.1) is 0 Å². The summed E-state index contributed by atoms with van der Waals surface area (Å²) in [5.74, 6) is 0.679. The second-order valence-electron chi connectivity index (χ2n) is 4.40. The van der Waals surface area contributed by atoms with Gasteiger partial charge < -0.3 is 9.84 Å².